The molecule has 0 saturated carbocycles. The second-order valence-electron chi connectivity index (χ2n) is 4.79. The van der Waals surface area contributed by atoms with E-state index in [-0.39, 0.29) is 12.6 Å². The van der Waals surface area contributed by atoms with Gasteiger partial charge in [0.25, 0.3) is 0 Å². The summed E-state index contributed by atoms with van der Waals surface area (Å²) in [4.78, 5) is 0. The van der Waals surface area contributed by atoms with Gasteiger partial charge in [0.1, 0.15) is 11.5 Å². The van der Waals surface area contributed by atoms with Crippen molar-refractivity contribution in [3.05, 3.63) is 24.3 Å². The monoisotopic (exact) mass is 281 g/mol. The lowest BCUT2D eigenvalue weighted by Crippen LogP contribution is -2.34. The zero-order chi connectivity index (χ0) is 14.6. The minimum Gasteiger partial charge on any atom is -0.494 e. The molecule has 4 nitrogen and oxygen atoms in total. The van der Waals surface area contributed by atoms with Crippen molar-refractivity contribution in [1.29, 1.82) is 0 Å². The number of hydrogen-bond acceptors (Lipinski definition) is 4. The first-order chi connectivity index (χ1) is 9.80. The highest BCUT2D eigenvalue weighted by molar-refractivity contribution is 5.31. The van der Waals surface area contributed by atoms with E-state index in [2.05, 4.69) is 19.2 Å². The van der Waals surface area contributed by atoms with Crippen LogP contribution in [-0.2, 0) is 0 Å². The molecule has 0 aliphatic carbocycles. The van der Waals surface area contributed by atoms with Crippen molar-refractivity contribution in [3.8, 4) is 11.5 Å². The SMILES string of the molecule is CCCNC(CO)CCOc1ccc(OCCC)cc1. The van der Waals surface area contributed by atoms with E-state index in [0.717, 1.165) is 43.9 Å². The molecule has 0 aromatic heterocycles. The average Bonchev–Trinajstić information content (AvgIpc) is 2.49. The minimum absolute atomic E-state index is 0.113. The summed E-state index contributed by atoms with van der Waals surface area (Å²) in [6.07, 6.45) is 2.87. The van der Waals surface area contributed by atoms with E-state index >= 15 is 0 Å². The molecule has 1 unspecified atom stereocenters. The molecule has 1 aromatic carbocycles. The molecule has 0 radical (unpaired) electrons. The molecule has 4 heteroatoms. The van der Waals surface area contributed by atoms with E-state index in [1.54, 1.807) is 0 Å². The fourth-order valence-corrected chi connectivity index (χ4v) is 1.78. The molecule has 0 heterocycles. The molecule has 0 aliphatic rings. The molecule has 0 fully saturated rings. The third-order valence-corrected chi connectivity index (χ3v) is 2.94. The number of nitrogens with one attached hydrogen (secondary N) is 1. The topological polar surface area (TPSA) is 50.7 Å². The fourth-order valence-electron chi connectivity index (χ4n) is 1.78. The molecule has 1 atom stereocenters. The first-order valence-electron chi connectivity index (χ1n) is 7.50. The number of hydrogen-bond donors (Lipinski definition) is 2. The maximum Gasteiger partial charge on any atom is 0.119 e. The molecule has 1 rings (SSSR count). The van der Waals surface area contributed by atoms with Crippen molar-refractivity contribution in [2.45, 2.75) is 39.2 Å². The van der Waals surface area contributed by atoms with Crippen molar-refractivity contribution in [1.82, 2.24) is 5.32 Å². The van der Waals surface area contributed by atoms with Gasteiger partial charge in [-0.1, -0.05) is 13.8 Å². The Morgan fingerprint density at radius 3 is 2.10 bits per heavy atom. The van der Waals surface area contributed by atoms with Crippen LogP contribution in [0.15, 0.2) is 24.3 Å². The smallest absolute Gasteiger partial charge is 0.119 e. The normalized spacial score (nSPS) is 12.2. The molecular weight excluding hydrogens is 254 g/mol. The summed E-state index contributed by atoms with van der Waals surface area (Å²) in [7, 11) is 0. The third kappa shape index (κ3) is 6.78. The van der Waals surface area contributed by atoms with Crippen LogP contribution in [0.2, 0.25) is 0 Å². The Bertz CT molecular complexity index is 340. The maximum atomic E-state index is 9.23. The summed E-state index contributed by atoms with van der Waals surface area (Å²) in [6, 6.07) is 7.78. The van der Waals surface area contributed by atoms with Crippen molar-refractivity contribution < 1.29 is 14.6 Å². The molecule has 0 aliphatic heterocycles. The lowest BCUT2D eigenvalue weighted by molar-refractivity contribution is 0.209. The lowest BCUT2D eigenvalue weighted by Gasteiger charge is -2.16. The van der Waals surface area contributed by atoms with Gasteiger partial charge in [-0.25, -0.2) is 0 Å². The highest BCUT2D eigenvalue weighted by Gasteiger charge is 2.06. The maximum absolute atomic E-state index is 9.23. The molecule has 0 saturated heterocycles. The van der Waals surface area contributed by atoms with Gasteiger partial charge in [-0.05, 0) is 50.1 Å². The Labute approximate surface area is 122 Å². The van der Waals surface area contributed by atoms with Gasteiger partial charge in [-0.15, -0.1) is 0 Å². The van der Waals surface area contributed by atoms with Crippen LogP contribution >= 0.6 is 0 Å². The molecule has 2 N–H and O–H groups in total. The van der Waals surface area contributed by atoms with Crippen molar-refractivity contribution in [2.75, 3.05) is 26.4 Å². The van der Waals surface area contributed by atoms with E-state index in [1.807, 2.05) is 24.3 Å². The molecule has 0 amide bonds. The molecular formula is C16H27NO3. The summed E-state index contributed by atoms with van der Waals surface area (Å²) in [5.41, 5.74) is 0. The van der Waals surface area contributed by atoms with Gasteiger partial charge in [0.05, 0.1) is 19.8 Å². The van der Waals surface area contributed by atoms with Crippen molar-refractivity contribution in [2.24, 2.45) is 0 Å². The van der Waals surface area contributed by atoms with Gasteiger partial charge in [0.15, 0.2) is 0 Å². The number of benzene rings is 1. The largest absolute Gasteiger partial charge is 0.494 e. The van der Waals surface area contributed by atoms with Crippen LogP contribution in [0, 0.1) is 0 Å². The quantitative estimate of drug-likeness (QED) is 0.654. The van der Waals surface area contributed by atoms with Crippen LogP contribution in [0.25, 0.3) is 0 Å². The summed E-state index contributed by atoms with van der Waals surface area (Å²) >= 11 is 0. The van der Waals surface area contributed by atoms with Gasteiger partial charge >= 0.3 is 0 Å². The first kappa shape index (κ1) is 16.8. The van der Waals surface area contributed by atoms with E-state index in [0.29, 0.717) is 6.61 Å². The van der Waals surface area contributed by atoms with E-state index < -0.39 is 0 Å². The van der Waals surface area contributed by atoms with E-state index in [1.165, 1.54) is 0 Å². The van der Waals surface area contributed by atoms with Gasteiger partial charge in [0, 0.05) is 6.04 Å². The molecule has 0 spiro atoms. The number of aliphatic hydroxyl groups excluding tert-OH is 1. The zero-order valence-corrected chi connectivity index (χ0v) is 12.6. The highest BCUT2D eigenvalue weighted by atomic mass is 16.5. The van der Waals surface area contributed by atoms with Crippen LogP contribution in [0.1, 0.15) is 33.1 Å². The zero-order valence-electron chi connectivity index (χ0n) is 12.6. The predicted molar refractivity (Wildman–Crippen MR) is 81.5 cm³/mol. The van der Waals surface area contributed by atoms with Crippen LogP contribution in [0.3, 0.4) is 0 Å². The Morgan fingerprint density at radius 1 is 1.00 bits per heavy atom. The summed E-state index contributed by atoms with van der Waals surface area (Å²) in [6.45, 7) is 6.60. The standard InChI is InChI=1S/C16H27NO3/c1-3-10-17-14(13-18)9-12-20-16-7-5-15(6-8-16)19-11-4-2/h5-8,14,17-18H,3-4,9-13H2,1-2H3. The second kappa shape index (κ2) is 10.5. The Morgan fingerprint density at radius 2 is 1.60 bits per heavy atom. The van der Waals surface area contributed by atoms with Crippen LogP contribution in [0.5, 0.6) is 11.5 Å². The van der Waals surface area contributed by atoms with Crippen LogP contribution in [-0.4, -0.2) is 37.5 Å². The Balaban J connectivity index is 2.27. The molecule has 0 bridgehead atoms. The fraction of sp³-hybridized carbons (Fsp3) is 0.625. The highest BCUT2D eigenvalue weighted by Crippen LogP contribution is 2.17. The van der Waals surface area contributed by atoms with E-state index in [4.69, 9.17) is 9.47 Å². The predicted octanol–water partition coefficient (Wildman–Crippen LogP) is 2.60. The van der Waals surface area contributed by atoms with Gasteiger partial charge in [0.2, 0.25) is 0 Å². The average molecular weight is 281 g/mol. The minimum atomic E-state index is 0.113. The van der Waals surface area contributed by atoms with Crippen LogP contribution < -0.4 is 14.8 Å². The number of aliphatic hydroxyl groups is 1. The third-order valence-electron chi connectivity index (χ3n) is 2.94. The number of ether oxygens (including phenoxy) is 2. The van der Waals surface area contributed by atoms with Crippen molar-refractivity contribution >= 4 is 0 Å². The van der Waals surface area contributed by atoms with E-state index in [9.17, 15) is 5.11 Å². The first-order valence-corrected chi connectivity index (χ1v) is 7.50. The molecule has 114 valence electrons. The Hall–Kier alpha value is -1.26. The summed E-state index contributed by atoms with van der Waals surface area (Å²) in [5.74, 6) is 1.71. The van der Waals surface area contributed by atoms with Gasteiger partial charge in [-0.3, -0.25) is 0 Å². The number of rotatable bonds is 11. The summed E-state index contributed by atoms with van der Waals surface area (Å²) in [5, 5.41) is 12.5. The molecule has 1 aromatic rings. The van der Waals surface area contributed by atoms with Gasteiger partial charge < -0.3 is 19.9 Å². The lowest BCUT2D eigenvalue weighted by atomic mass is 10.2. The molecule has 20 heavy (non-hydrogen) atoms. The van der Waals surface area contributed by atoms with Crippen LogP contribution in [0.4, 0.5) is 0 Å². The second-order valence-corrected chi connectivity index (χ2v) is 4.79. The van der Waals surface area contributed by atoms with Crippen molar-refractivity contribution in [3.63, 3.8) is 0 Å². The van der Waals surface area contributed by atoms with Gasteiger partial charge in [-0.2, -0.15) is 0 Å². The summed E-state index contributed by atoms with van der Waals surface area (Å²) < 4.78 is 11.2. The Kier molecular flexibility index (Phi) is 8.83.